The second kappa shape index (κ2) is 12.4. The van der Waals surface area contributed by atoms with Crippen LogP contribution in [-0.4, -0.2) is 57.4 Å². The highest BCUT2D eigenvalue weighted by atomic mass is 79.9. The van der Waals surface area contributed by atoms with Crippen molar-refractivity contribution in [3.63, 3.8) is 0 Å². The molecular weight excluding hydrogens is 596 g/mol. The number of halogens is 1. The van der Waals surface area contributed by atoms with E-state index in [1.54, 1.807) is 30.5 Å². The van der Waals surface area contributed by atoms with Crippen LogP contribution in [0.1, 0.15) is 43.7 Å². The molecule has 1 N–H and O–H groups in total. The Kier molecular flexibility index (Phi) is 8.75. The van der Waals surface area contributed by atoms with E-state index in [-0.39, 0.29) is 16.4 Å². The molecule has 3 heterocycles. The summed E-state index contributed by atoms with van der Waals surface area (Å²) in [5, 5.41) is 4.41. The molecule has 0 radical (unpaired) electrons. The lowest BCUT2D eigenvalue weighted by Gasteiger charge is -2.21. The van der Waals surface area contributed by atoms with Gasteiger partial charge in [0.15, 0.2) is 17.3 Å². The number of benzene rings is 2. The lowest BCUT2D eigenvalue weighted by Crippen LogP contribution is -2.24. The Labute approximate surface area is 243 Å². The summed E-state index contributed by atoms with van der Waals surface area (Å²) in [4.78, 5) is 14.1. The summed E-state index contributed by atoms with van der Waals surface area (Å²) in [6.45, 7) is 7.91. The zero-order valence-electron chi connectivity index (χ0n) is 22.6. The monoisotopic (exact) mass is 628 g/mol. The molecule has 0 unspecified atom stereocenters. The Morgan fingerprint density at radius 1 is 1.00 bits per heavy atom. The van der Waals surface area contributed by atoms with Crippen LogP contribution >= 0.6 is 15.9 Å². The normalized spacial score (nSPS) is 15.7. The number of hydrogen-bond donors (Lipinski definition) is 1. The molecule has 0 amide bonds. The van der Waals surface area contributed by atoms with Gasteiger partial charge in [-0.2, -0.15) is 23.5 Å². The zero-order chi connectivity index (χ0) is 28.1. The zero-order valence-corrected chi connectivity index (χ0v) is 25.0. The third-order valence-electron chi connectivity index (χ3n) is 6.75. The van der Waals surface area contributed by atoms with E-state index in [9.17, 15) is 8.42 Å². The van der Waals surface area contributed by atoms with Crippen LogP contribution in [0.3, 0.4) is 0 Å². The predicted octanol–water partition coefficient (Wildman–Crippen LogP) is 5.36. The number of nitrogens with one attached hydrogen (secondary N) is 1. The van der Waals surface area contributed by atoms with Gasteiger partial charge in [-0.25, -0.2) is 0 Å². The summed E-state index contributed by atoms with van der Waals surface area (Å²) >= 11 is 3.45. The van der Waals surface area contributed by atoms with E-state index in [4.69, 9.17) is 18.9 Å². The minimum atomic E-state index is -4.06. The number of hydrazone groups is 1. The van der Waals surface area contributed by atoms with E-state index in [1.165, 1.54) is 12.1 Å². The first kappa shape index (κ1) is 28.2. The van der Waals surface area contributed by atoms with Gasteiger partial charge in [0.25, 0.3) is 0 Å². The molecule has 12 heteroatoms. The van der Waals surface area contributed by atoms with Crippen LogP contribution in [-0.2, 0) is 10.1 Å². The predicted molar refractivity (Wildman–Crippen MR) is 160 cm³/mol. The molecule has 5 rings (SSSR count). The highest BCUT2D eigenvalue weighted by Gasteiger charge is 2.23. The van der Waals surface area contributed by atoms with Crippen molar-refractivity contribution in [1.29, 1.82) is 0 Å². The maximum atomic E-state index is 12.9. The van der Waals surface area contributed by atoms with E-state index in [0.717, 1.165) is 69.2 Å². The van der Waals surface area contributed by atoms with E-state index in [1.807, 2.05) is 19.9 Å². The third-order valence-corrected chi connectivity index (χ3v) is 8.57. The van der Waals surface area contributed by atoms with E-state index < -0.39 is 10.1 Å². The molecule has 10 nitrogen and oxygen atoms in total. The van der Waals surface area contributed by atoms with Gasteiger partial charge in [-0.15, -0.1) is 0 Å². The molecule has 2 aliphatic heterocycles. The first-order valence-electron chi connectivity index (χ1n) is 13.5. The van der Waals surface area contributed by atoms with Crippen LogP contribution in [0, 0.1) is 6.92 Å². The molecule has 0 atom stereocenters. The molecule has 3 aromatic rings. The second-order valence-corrected chi connectivity index (χ2v) is 12.2. The van der Waals surface area contributed by atoms with Gasteiger partial charge in [-0.3, -0.25) is 5.43 Å². The largest absolute Gasteiger partial charge is 0.490 e. The molecule has 2 saturated heterocycles. The molecule has 0 saturated carbocycles. The average molecular weight is 630 g/mol. The van der Waals surface area contributed by atoms with Gasteiger partial charge in [-0.1, -0.05) is 17.7 Å². The summed E-state index contributed by atoms with van der Waals surface area (Å²) in [6, 6.07) is 11.8. The highest BCUT2D eigenvalue weighted by Crippen LogP contribution is 2.38. The number of anilines is 3. The van der Waals surface area contributed by atoms with Crippen LogP contribution in [0.5, 0.6) is 11.5 Å². The van der Waals surface area contributed by atoms with Crippen molar-refractivity contribution >= 4 is 49.8 Å². The Bertz CT molecular complexity index is 1440. The molecule has 2 aliphatic rings. The number of hydrogen-bond acceptors (Lipinski definition) is 10. The van der Waals surface area contributed by atoms with Crippen molar-refractivity contribution in [2.45, 2.75) is 44.4 Å². The van der Waals surface area contributed by atoms with Gasteiger partial charge in [0.05, 0.1) is 17.3 Å². The molecule has 0 spiro atoms. The molecular formula is C28H33BrN6O4S. The maximum Gasteiger partial charge on any atom is 0.339 e. The van der Waals surface area contributed by atoms with Gasteiger partial charge < -0.3 is 18.7 Å². The standard InChI is InChI=1S/C28H33BrN6O4S/c1-3-38-24-17-21(16-23(29)27(24)39-40(36,37)22-10-8-20(2)9-11-22)19-30-33-25-18-26(34-12-4-5-13-34)32-28(31-25)35-14-6-7-15-35/h8-11,16-19H,3-7,12-15H2,1-2H3,(H,31,32,33)/b30-19+. The van der Waals surface area contributed by atoms with Crippen LogP contribution in [0.4, 0.5) is 17.6 Å². The van der Waals surface area contributed by atoms with E-state index in [2.05, 4.69) is 36.3 Å². The van der Waals surface area contributed by atoms with Crippen molar-refractivity contribution in [2.24, 2.45) is 5.10 Å². The third kappa shape index (κ3) is 6.67. The highest BCUT2D eigenvalue weighted by molar-refractivity contribution is 9.10. The summed E-state index contributed by atoms with van der Waals surface area (Å²) in [7, 11) is -4.06. The average Bonchev–Trinajstić information content (AvgIpc) is 3.66. The molecule has 0 bridgehead atoms. The minimum Gasteiger partial charge on any atom is -0.490 e. The van der Waals surface area contributed by atoms with Gasteiger partial charge in [0.2, 0.25) is 5.95 Å². The summed E-state index contributed by atoms with van der Waals surface area (Å²) in [5.74, 6) is 2.60. The van der Waals surface area contributed by atoms with Crippen LogP contribution in [0.15, 0.2) is 56.9 Å². The fourth-order valence-corrected chi connectivity index (χ4v) is 6.29. The van der Waals surface area contributed by atoms with Gasteiger partial charge in [0.1, 0.15) is 10.7 Å². The summed E-state index contributed by atoms with van der Waals surface area (Å²) in [5.41, 5.74) is 4.68. The Morgan fingerprint density at radius 2 is 1.68 bits per heavy atom. The van der Waals surface area contributed by atoms with Gasteiger partial charge in [-0.05, 0) is 85.3 Å². The molecule has 2 aromatic carbocycles. The van der Waals surface area contributed by atoms with Gasteiger partial charge >= 0.3 is 10.1 Å². The number of aryl methyl sites for hydroxylation is 1. The Hall–Kier alpha value is -3.38. The summed E-state index contributed by atoms with van der Waals surface area (Å²) < 4.78 is 37.5. The Balaban J connectivity index is 1.37. The van der Waals surface area contributed by atoms with Crippen molar-refractivity contribution in [3.05, 3.63) is 58.1 Å². The number of ether oxygens (including phenoxy) is 1. The molecule has 0 aliphatic carbocycles. The SMILES string of the molecule is CCOc1cc(/C=N/Nc2cc(N3CCCC3)nc(N3CCCC3)n2)cc(Br)c1OS(=O)(=O)c1ccc(C)cc1. The van der Waals surface area contributed by atoms with E-state index in [0.29, 0.717) is 22.5 Å². The fourth-order valence-electron chi connectivity index (χ4n) is 4.69. The molecule has 2 fully saturated rings. The van der Waals surface area contributed by atoms with Crippen molar-refractivity contribution in [2.75, 3.05) is 48.0 Å². The lowest BCUT2D eigenvalue weighted by molar-refractivity contribution is 0.327. The first-order chi connectivity index (χ1) is 19.3. The first-order valence-corrected chi connectivity index (χ1v) is 15.7. The van der Waals surface area contributed by atoms with E-state index >= 15 is 0 Å². The number of nitrogens with zero attached hydrogens (tertiary/aromatic N) is 5. The Morgan fingerprint density at radius 3 is 2.35 bits per heavy atom. The molecule has 1 aromatic heterocycles. The molecule has 40 heavy (non-hydrogen) atoms. The number of aromatic nitrogens is 2. The van der Waals surface area contributed by atoms with Crippen LogP contribution < -0.4 is 24.1 Å². The van der Waals surface area contributed by atoms with Crippen molar-refractivity contribution in [3.8, 4) is 11.5 Å². The lowest BCUT2D eigenvalue weighted by atomic mass is 10.2. The fraction of sp³-hybridized carbons (Fsp3) is 0.393. The smallest absolute Gasteiger partial charge is 0.339 e. The van der Waals surface area contributed by atoms with Crippen molar-refractivity contribution in [1.82, 2.24) is 9.97 Å². The van der Waals surface area contributed by atoms with Crippen molar-refractivity contribution < 1.29 is 17.3 Å². The topological polar surface area (TPSA) is 109 Å². The van der Waals surface area contributed by atoms with Crippen LogP contribution in [0.2, 0.25) is 0 Å². The summed E-state index contributed by atoms with van der Waals surface area (Å²) in [6.07, 6.45) is 6.22. The van der Waals surface area contributed by atoms with Gasteiger partial charge in [0, 0.05) is 32.2 Å². The quantitative estimate of drug-likeness (QED) is 0.180. The van der Waals surface area contributed by atoms with Crippen LogP contribution in [0.25, 0.3) is 0 Å². The number of rotatable bonds is 10. The second-order valence-electron chi connectivity index (χ2n) is 9.78. The minimum absolute atomic E-state index is 0.0636. The molecule has 212 valence electrons. The maximum absolute atomic E-state index is 12.9.